The fourth-order valence-corrected chi connectivity index (χ4v) is 1.50. The zero-order valence-electron chi connectivity index (χ0n) is 10.2. The second-order valence-electron chi connectivity index (χ2n) is 3.87. The molecule has 16 heavy (non-hydrogen) atoms. The molecule has 0 spiro atoms. The number of nitrogens with one attached hydrogen (secondary N) is 1. The molecule has 0 aromatic heterocycles. The molecule has 1 aromatic rings. The molecule has 90 valence electrons. The van der Waals surface area contributed by atoms with Crippen molar-refractivity contribution in [2.75, 3.05) is 32.2 Å². The van der Waals surface area contributed by atoms with Gasteiger partial charge in [0.2, 0.25) is 0 Å². The highest BCUT2D eigenvalue weighted by Gasteiger charge is 2.10. The average molecular weight is 223 g/mol. The summed E-state index contributed by atoms with van der Waals surface area (Å²) in [6.07, 6.45) is 0. The highest BCUT2D eigenvalue weighted by atomic mass is 16.5. The van der Waals surface area contributed by atoms with Gasteiger partial charge in [0.25, 0.3) is 0 Å². The molecule has 4 nitrogen and oxygen atoms in total. The largest absolute Gasteiger partial charge is 0.380 e. The van der Waals surface area contributed by atoms with Gasteiger partial charge in [-0.25, -0.2) is 0 Å². The molecule has 3 N–H and O–H groups in total. The highest BCUT2D eigenvalue weighted by Crippen LogP contribution is 2.19. The number of anilines is 1. The maximum absolute atomic E-state index is 5.53. The Morgan fingerprint density at radius 1 is 1.44 bits per heavy atom. The molecular weight excluding hydrogens is 202 g/mol. The van der Waals surface area contributed by atoms with Crippen LogP contribution in [0.2, 0.25) is 0 Å². The molecule has 0 aliphatic heterocycles. The lowest BCUT2D eigenvalue weighted by Crippen LogP contribution is -2.31. The van der Waals surface area contributed by atoms with E-state index in [-0.39, 0.29) is 6.04 Å². The Labute approximate surface area is 97.4 Å². The van der Waals surface area contributed by atoms with Gasteiger partial charge in [0.15, 0.2) is 0 Å². The molecule has 1 atom stereocenters. The molecule has 0 heterocycles. The zero-order valence-corrected chi connectivity index (χ0v) is 10.2. The SMILES string of the molecule is CCOCC(NN)c1cccc(N(C)C)c1. The van der Waals surface area contributed by atoms with Crippen molar-refractivity contribution in [2.45, 2.75) is 13.0 Å². The van der Waals surface area contributed by atoms with E-state index in [0.29, 0.717) is 13.2 Å². The lowest BCUT2D eigenvalue weighted by Gasteiger charge is -2.19. The molecular formula is C12H21N3O. The second-order valence-corrected chi connectivity index (χ2v) is 3.87. The van der Waals surface area contributed by atoms with Crippen LogP contribution in [-0.4, -0.2) is 27.3 Å². The first-order chi connectivity index (χ1) is 7.69. The first-order valence-electron chi connectivity index (χ1n) is 5.50. The van der Waals surface area contributed by atoms with Gasteiger partial charge in [0.1, 0.15) is 0 Å². The highest BCUT2D eigenvalue weighted by molar-refractivity contribution is 5.47. The van der Waals surface area contributed by atoms with Crippen LogP contribution >= 0.6 is 0 Å². The maximum Gasteiger partial charge on any atom is 0.0694 e. The van der Waals surface area contributed by atoms with Gasteiger partial charge >= 0.3 is 0 Å². The van der Waals surface area contributed by atoms with E-state index in [1.807, 2.05) is 27.1 Å². The summed E-state index contributed by atoms with van der Waals surface area (Å²) in [5.74, 6) is 5.53. The zero-order chi connectivity index (χ0) is 12.0. The van der Waals surface area contributed by atoms with Gasteiger partial charge in [0, 0.05) is 26.4 Å². The van der Waals surface area contributed by atoms with Crippen LogP contribution < -0.4 is 16.2 Å². The Bertz CT molecular complexity index is 315. The van der Waals surface area contributed by atoms with Crippen LogP contribution in [0.1, 0.15) is 18.5 Å². The summed E-state index contributed by atoms with van der Waals surface area (Å²) in [5.41, 5.74) is 5.08. The predicted molar refractivity (Wildman–Crippen MR) is 67.3 cm³/mol. The Morgan fingerprint density at radius 3 is 2.75 bits per heavy atom. The summed E-state index contributed by atoms with van der Waals surface area (Å²) in [6.45, 7) is 3.26. The summed E-state index contributed by atoms with van der Waals surface area (Å²) < 4.78 is 5.39. The average Bonchev–Trinajstić information content (AvgIpc) is 2.30. The van der Waals surface area contributed by atoms with Gasteiger partial charge < -0.3 is 9.64 Å². The molecule has 4 heteroatoms. The number of hydrogen-bond acceptors (Lipinski definition) is 4. The van der Waals surface area contributed by atoms with Crippen molar-refractivity contribution in [3.05, 3.63) is 29.8 Å². The van der Waals surface area contributed by atoms with Gasteiger partial charge in [-0.15, -0.1) is 0 Å². The van der Waals surface area contributed by atoms with E-state index < -0.39 is 0 Å². The van der Waals surface area contributed by atoms with E-state index in [4.69, 9.17) is 10.6 Å². The summed E-state index contributed by atoms with van der Waals surface area (Å²) in [5, 5.41) is 0. The molecule has 0 aliphatic carbocycles. The van der Waals surface area contributed by atoms with Crippen LogP contribution in [0.3, 0.4) is 0 Å². The van der Waals surface area contributed by atoms with Crippen molar-refractivity contribution in [3.8, 4) is 0 Å². The Hall–Kier alpha value is -1.10. The van der Waals surface area contributed by atoms with E-state index in [1.54, 1.807) is 0 Å². The van der Waals surface area contributed by atoms with Crippen molar-refractivity contribution < 1.29 is 4.74 Å². The molecule has 1 aromatic carbocycles. The second kappa shape index (κ2) is 6.48. The van der Waals surface area contributed by atoms with E-state index >= 15 is 0 Å². The van der Waals surface area contributed by atoms with E-state index in [1.165, 1.54) is 0 Å². The molecule has 0 saturated carbocycles. The first-order valence-corrected chi connectivity index (χ1v) is 5.50. The lowest BCUT2D eigenvalue weighted by molar-refractivity contribution is 0.123. The van der Waals surface area contributed by atoms with Crippen LogP contribution in [0.25, 0.3) is 0 Å². The number of nitrogens with zero attached hydrogens (tertiary/aromatic N) is 1. The number of ether oxygens (including phenoxy) is 1. The quantitative estimate of drug-likeness (QED) is 0.563. The number of hydrazine groups is 1. The summed E-state index contributed by atoms with van der Waals surface area (Å²) >= 11 is 0. The minimum Gasteiger partial charge on any atom is -0.380 e. The topological polar surface area (TPSA) is 50.5 Å². The number of hydrogen-bond donors (Lipinski definition) is 2. The first kappa shape index (κ1) is 13.0. The van der Waals surface area contributed by atoms with Crippen molar-refractivity contribution in [1.29, 1.82) is 0 Å². The van der Waals surface area contributed by atoms with Crippen LogP contribution in [0.4, 0.5) is 5.69 Å². The summed E-state index contributed by atoms with van der Waals surface area (Å²) in [6, 6.07) is 8.30. The van der Waals surface area contributed by atoms with Crippen LogP contribution in [-0.2, 0) is 4.74 Å². The predicted octanol–water partition coefficient (Wildman–Crippen LogP) is 1.29. The Balaban J connectivity index is 2.79. The third-order valence-electron chi connectivity index (χ3n) is 2.48. The van der Waals surface area contributed by atoms with Gasteiger partial charge in [-0.1, -0.05) is 12.1 Å². The maximum atomic E-state index is 5.53. The van der Waals surface area contributed by atoms with Gasteiger partial charge in [-0.2, -0.15) is 0 Å². The molecule has 0 amide bonds. The van der Waals surface area contributed by atoms with Crippen molar-refractivity contribution in [3.63, 3.8) is 0 Å². The molecule has 0 bridgehead atoms. The van der Waals surface area contributed by atoms with Crippen molar-refractivity contribution >= 4 is 5.69 Å². The van der Waals surface area contributed by atoms with E-state index in [2.05, 4.69) is 28.5 Å². The smallest absolute Gasteiger partial charge is 0.0694 e. The molecule has 1 rings (SSSR count). The molecule has 1 unspecified atom stereocenters. The standard InChI is InChI=1S/C12H21N3O/c1-4-16-9-12(14-13)10-6-5-7-11(8-10)15(2)3/h5-8,12,14H,4,9,13H2,1-3H3. The van der Waals surface area contributed by atoms with Crippen molar-refractivity contribution in [2.24, 2.45) is 5.84 Å². The normalized spacial score (nSPS) is 12.5. The molecule has 0 saturated heterocycles. The van der Waals surface area contributed by atoms with Crippen molar-refractivity contribution in [1.82, 2.24) is 5.43 Å². The van der Waals surface area contributed by atoms with Crippen LogP contribution in [0.15, 0.2) is 24.3 Å². The lowest BCUT2D eigenvalue weighted by atomic mass is 10.1. The number of benzene rings is 1. The fraction of sp³-hybridized carbons (Fsp3) is 0.500. The monoisotopic (exact) mass is 223 g/mol. The summed E-state index contributed by atoms with van der Waals surface area (Å²) in [7, 11) is 4.04. The fourth-order valence-electron chi connectivity index (χ4n) is 1.50. The van der Waals surface area contributed by atoms with Gasteiger partial charge in [0.05, 0.1) is 12.6 Å². The van der Waals surface area contributed by atoms with Gasteiger partial charge in [-0.3, -0.25) is 11.3 Å². The van der Waals surface area contributed by atoms with E-state index in [0.717, 1.165) is 11.3 Å². The van der Waals surface area contributed by atoms with E-state index in [9.17, 15) is 0 Å². The minimum atomic E-state index is 0.0415. The Morgan fingerprint density at radius 2 is 2.19 bits per heavy atom. The molecule has 0 aliphatic rings. The summed E-state index contributed by atoms with van der Waals surface area (Å²) in [4.78, 5) is 2.07. The Kier molecular flexibility index (Phi) is 5.25. The van der Waals surface area contributed by atoms with Crippen LogP contribution in [0, 0.1) is 0 Å². The third kappa shape index (κ3) is 3.48. The third-order valence-corrected chi connectivity index (χ3v) is 2.48. The molecule has 0 radical (unpaired) electrons. The number of rotatable bonds is 6. The molecule has 0 fully saturated rings. The number of nitrogens with two attached hydrogens (primary N) is 1. The van der Waals surface area contributed by atoms with Crippen LogP contribution in [0.5, 0.6) is 0 Å². The minimum absolute atomic E-state index is 0.0415. The van der Waals surface area contributed by atoms with Gasteiger partial charge in [-0.05, 0) is 24.6 Å².